The van der Waals surface area contributed by atoms with Gasteiger partial charge in [0.2, 0.25) is 0 Å². The topological polar surface area (TPSA) is 35.6 Å². The highest BCUT2D eigenvalue weighted by Crippen LogP contribution is 2.28. The third-order valence-electron chi connectivity index (χ3n) is 3.86. The Labute approximate surface area is 149 Å². The van der Waals surface area contributed by atoms with Gasteiger partial charge in [0.05, 0.1) is 23.1 Å². The molecule has 0 aliphatic carbocycles. The highest BCUT2D eigenvalue weighted by atomic mass is 79.9. The molecule has 0 spiro atoms. The van der Waals surface area contributed by atoms with E-state index in [1.54, 1.807) is 0 Å². The van der Waals surface area contributed by atoms with E-state index >= 15 is 0 Å². The van der Waals surface area contributed by atoms with Crippen molar-refractivity contribution in [1.29, 1.82) is 0 Å². The van der Waals surface area contributed by atoms with Gasteiger partial charge >= 0.3 is 5.97 Å². The van der Waals surface area contributed by atoms with Gasteiger partial charge in [-0.1, -0.05) is 6.58 Å². The van der Waals surface area contributed by atoms with Crippen molar-refractivity contribution in [3.05, 3.63) is 70.7 Å². The number of hydrogen-bond donors (Lipinski definition) is 0. The van der Waals surface area contributed by atoms with Crippen molar-refractivity contribution in [3.8, 4) is 0 Å². The molecular formula is C19H19BrN2O2. The fraction of sp³-hybridized carbons (Fsp3) is 0.211. The summed E-state index contributed by atoms with van der Waals surface area (Å²) in [7, 11) is 0. The van der Waals surface area contributed by atoms with Crippen molar-refractivity contribution in [2.45, 2.75) is 26.9 Å². The monoisotopic (exact) mass is 386 g/mol. The number of halogens is 1. The molecule has 0 aromatic carbocycles. The second-order valence-corrected chi connectivity index (χ2v) is 6.89. The molecule has 0 radical (unpaired) electrons. The molecule has 5 heteroatoms. The van der Waals surface area contributed by atoms with Crippen molar-refractivity contribution in [2.75, 3.05) is 0 Å². The van der Waals surface area contributed by atoms with Crippen molar-refractivity contribution in [2.24, 2.45) is 0 Å². The number of carbonyl (C=O) groups is 1. The van der Waals surface area contributed by atoms with Gasteiger partial charge in [0.15, 0.2) is 0 Å². The van der Waals surface area contributed by atoms with Crippen LogP contribution in [0.3, 0.4) is 0 Å². The predicted octanol–water partition coefficient (Wildman–Crippen LogP) is 4.90. The average molecular weight is 387 g/mol. The zero-order chi connectivity index (χ0) is 17.4. The van der Waals surface area contributed by atoms with Gasteiger partial charge in [0.25, 0.3) is 0 Å². The van der Waals surface area contributed by atoms with Crippen molar-refractivity contribution >= 4 is 33.1 Å². The molecule has 0 amide bonds. The fourth-order valence-electron chi connectivity index (χ4n) is 2.80. The largest absolute Gasteiger partial charge is 0.459 e. The summed E-state index contributed by atoms with van der Waals surface area (Å²) >= 11 is 3.51. The van der Waals surface area contributed by atoms with Crippen LogP contribution < -0.4 is 0 Å². The molecule has 0 aliphatic rings. The highest BCUT2D eigenvalue weighted by molar-refractivity contribution is 9.10. The van der Waals surface area contributed by atoms with Crippen molar-refractivity contribution < 1.29 is 9.53 Å². The summed E-state index contributed by atoms with van der Waals surface area (Å²) in [6.45, 7) is 9.84. The SMILES string of the molecule is C=C(c1c(C)c(C(=O)OC(C)C)cc2cc(Br)cn12)n1cccc1. The minimum atomic E-state index is -0.316. The molecule has 0 N–H and O–H groups in total. The van der Waals surface area contributed by atoms with Crippen LogP contribution >= 0.6 is 15.9 Å². The Morgan fingerprint density at radius 2 is 1.92 bits per heavy atom. The maximum Gasteiger partial charge on any atom is 0.338 e. The molecule has 0 saturated heterocycles. The van der Waals surface area contributed by atoms with E-state index in [0.717, 1.165) is 26.9 Å². The summed E-state index contributed by atoms with van der Waals surface area (Å²) in [5.74, 6) is -0.316. The lowest BCUT2D eigenvalue weighted by Gasteiger charge is -2.17. The van der Waals surface area contributed by atoms with E-state index < -0.39 is 0 Å². The third kappa shape index (κ3) is 2.91. The molecule has 3 aromatic rings. The van der Waals surface area contributed by atoms with Crippen LogP contribution in [0.4, 0.5) is 0 Å². The Morgan fingerprint density at radius 1 is 1.25 bits per heavy atom. The van der Waals surface area contributed by atoms with Crippen molar-refractivity contribution in [3.63, 3.8) is 0 Å². The lowest BCUT2D eigenvalue weighted by Crippen LogP contribution is -2.15. The summed E-state index contributed by atoms with van der Waals surface area (Å²) in [5, 5.41) is 0. The first-order chi connectivity index (χ1) is 11.4. The van der Waals surface area contributed by atoms with Crippen LogP contribution in [0, 0.1) is 6.92 Å². The molecule has 24 heavy (non-hydrogen) atoms. The van der Waals surface area contributed by atoms with E-state index in [2.05, 4.69) is 22.5 Å². The van der Waals surface area contributed by atoms with Gasteiger partial charge in [0.1, 0.15) is 0 Å². The maximum absolute atomic E-state index is 12.5. The van der Waals surface area contributed by atoms with Crippen LogP contribution in [0.15, 0.2) is 53.9 Å². The molecule has 4 nitrogen and oxygen atoms in total. The summed E-state index contributed by atoms with van der Waals surface area (Å²) in [4.78, 5) is 12.5. The Hall–Kier alpha value is -2.27. The minimum Gasteiger partial charge on any atom is -0.459 e. The van der Waals surface area contributed by atoms with Crippen molar-refractivity contribution in [1.82, 2.24) is 8.97 Å². The molecular weight excluding hydrogens is 368 g/mol. The van der Waals surface area contributed by atoms with E-state index in [4.69, 9.17) is 4.74 Å². The number of fused-ring (bicyclic) bond motifs is 1. The summed E-state index contributed by atoms with van der Waals surface area (Å²) in [5.41, 5.74) is 3.99. The standard InChI is InChI=1S/C19H19BrN2O2/c1-12(2)24-19(23)17-10-16-9-15(20)11-22(16)18(13(17)3)14(4)21-7-5-6-8-21/h5-12H,4H2,1-3H3. The lowest BCUT2D eigenvalue weighted by atomic mass is 10.0. The van der Waals surface area contributed by atoms with E-state index in [9.17, 15) is 4.79 Å². The van der Waals surface area contributed by atoms with Gasteiger partial charge in [-0.25, -0.2) is 4.79 Å². The first kappa shape index (κ1) is 16.6. The predicted molar refractivity (Wildman–Crippen MR) is 99.2 cm³/mol. The number of carbonyl (C=O) groups excluding carboxylic acids is 1. The fourth-order valence-corrected chi connectivity index (χ4v) is 3.24. The molecule has 0 atom stereocenters. The van der Waals surface area contributed by atoms with Gasteiger partial charge in [-0.3, -0.25) is 0 Å². The number of esters is 1. The molecule has 124 valence electrons. The smallest absolute Gasteiger partial charge is 0.338 e. The van der Waals surface area contributed by atoms with E-state index in [1.807, 2.05) is 72.6 Å². The van der Waals surface area contributed by atoms with Gasteiger partial charge in [-0.05, 0) is 66.5 Å². The van der Waals surface area contributed by atoms with Gasteiger partial charge in [-0.2, -0.15) is 0 Å². The van der Waals surface area contributed by atoms with Gasteiger partial charge in [-0.15, -0.1) is 0 Å². The first-order valence-electron chi connectivity index (χ1n) is 7.73. The minimum absolute atomic E-state index is 0.164. The molecule has 0 bridgehead atoms. The Balaban J connectivity index is 2.24. The van der Waals surface area contributed by atoms with E-state index in [-0.39, 0.29) is 12.1 Å². The lowest BCUT2D eigenvalue weighted by molar-refractivity contribution is 0.0377. The van der Waals surface area contributed by atoms with E-state index in [0.29, 0.717) is 5.56 Å². The number of pyridine rings is 1. The average Bonchev–Trinajstić information content (AvgIpc) is 3.13. The van der Waals surface area contributed by atoms with E-state index in [1.165, 1.54) is 0 Å². The normalized spacial score (nSPS) is 11.2. The Morgan fingerprint density at radius 3 is 2.54 bits per heavy atom. The number of rotatable bonds is 4. The second kappa shape index (κ2) is 6.32. The van der Waals surface area contributed by atoms with Crippen LogP contribution in [0.5, 0.6) is 0 Å². The van der Waals surface area contributed by atoms with Crippen LogP contribution in [0.25, 0.3) is 11.2 Å². The quantitative estimate of drug-likeness (QED) is 0.598. The first-order valence-corrected chi connectivity index (χ1v) is 8.52. The number of aromatic nitrogens is 2. The molecule has 3 aromatic heterocycles. The zero-order valence-corrected chi connectivity index (χ0v) is 15.5. The number of nitrogens with zero attached hydrogens (tertiary/aromatic N) is 2. The molecule has 3 rings (SSSR count). The van der Waals surface area contributed by atoms with Crippen LogP contribution in [-0.2, 0) is 4.74 Å². The van der Waals surface area contributed by atoms with Crippen LogP contribution in [0.2, 0.25) is 0 Å². The van der Waals surface area contributed by atoms with Gasteiger partial charge < -0.3 is 13.7 Å². The Bertz CT molecular complexity index is 921. The molecule has 3 heterocycles. The summed E-state index contributed by atoms with van der Waals surface area (Å²) in [6, 6.07) is 7.72. The van der Waals surface area contributed by atoms with Crippen LogP contribution in [0.1, 0.15) is 35.5 Å². The number of hydrogen-bond acceptors (Lipinski definition) is 2. The highest BCUT2D eigenvalue weighted by Gasteiger charge is 2.20. The van der Waals surface area contributed by atoms with Crippen LogP contribution in [-0.4, -0.2) is 21.0 Å². The Kier molecular flexibility index (Phi) is 4.37. The second-order valence-electron chi connectivity index (χ2n) is 5.98. The molecule has 0 aliphatic heterocycles. The summed E-state index contributed by atoms with van der Waals surface area (Å²) < 4.78 is 10.3. The summed E-state index contributed by atoms with van der Waals surface area (Å²) in [6.07, 6.45) is 5.68. The van der Waals surface area contributed by atoms with Gasteiger partial charge in [0, 0.05) is 28.6 Å². The molecule has 0 fully saturated rings. The molecule has 0 saturated carbocycles. The molecule has 0 unspecified atom stereocenters. The number of ether oxygens (including phenoxy) is 1. The zero-order valence-electron chi connectivity index (χ0n) is 13.9. The third-order valence-corrected chi connectivity index (χ3v) is 4.29. The maximum atomic E-state index is 12.5.